The predicted octanol–water partition coefficient (Wildman–Crippen LogP) is 4.38. The third-order valence-corrected chi connectivity index (χ3v) is 7.87. The normalized spacial score (nSPS) is 29.5. The van der Waals surface area contributed by atoms with Crippen LogP contribution in [0.1, 0.15) is 37.7 Å². The van der Waals surface area contributed by atoms with E-state index in [9.17, 15) is 5.11 Å². The quantitative estimate of drug-likeness (QED) is 0.456. The van der Waals surface area contributed by atoms with E-state index in [0.29, 0.717) is 18.4 Å². The molecule has 2 aromatic carbocycles. The molecule has 2 aromatic rings. The molecule has 4 nitrogen and oxygen atoms in total. The van der Waals surface area contributed by atoms with Gasteiger partial charge in [0.25, 0.3) is 0 Å². The van der Waals surface area contributed by atoms with Gasteiger partial charge in [-0.15, -0.1) is 0 Å². The van der Waals surface area contributed by atoms with E-state index < -0.39 is 5.60 Å². The van der Waals surface area contributed by atoms with Crippen LogP contribution in [0.15, 0.2) is 60.7 Å². The number of benzene rings is 2. The van der Waals surface area contributed by atoms with Gasteiger partial charge in [0.1, 0.15) is 24.0 Å². The molecule has 1 saturated carbocycles. The second-order valence-electron chi connectivity index (χ2n) is 9.96. The van der Waals surface area contributed by atoms with E-state index in [-0.39, 0.29) is 6.10 Å². The van der Waals surface area contributed by atoms with Crippen molar-refractivity contribution in [2.45, 2.75) is 43.8 Å². The number of hydrogen-bond acceptors (Lipinski definition) is 3. The van der Waals surface area contributed by atoms with E-state index in [4.69, 9.17) is 9.47 Å². The van der Waals surface area contributed by atoms with Crippen molar-refractivity contribution >= 4 is 0 Å². The minimum Gasteiger partial charge on any atom is -0.493 e. The fourth-order valence-electron chi connectivity index (χ4n) is 5.79. The van der Waals surface area contributed by atoms with Crippen molar-refractivity contribution in [3.05, 3.63) is 66.2 Å². The molecule has 2 bridgehead atoms. The molecule has 31 heavy (non-hydrogen) atoms. The monoisotopic (exact) mass is 422 g/mol. The maximum absolute atomic E-state index is 11.5. The van der Waals surface area contributed by atoms with Crippen LogP contribution in [-0.4, -0.2) is 55.1 Å². The van der Waals surface area contributed by atoms with Crippen LogP contribution in [0.25, 0.3) is 0 Å². The first-order valence-corrected chi connectivity index (χ1v) is 12.1. The van der Waals surface area contributed by atoms with Gasteiger partial charge in [0.15, 0.2) is 0 Å². The summed E-state index contributed by atoms with van der Waals surface area (Å²) in [4.78, 5) is 0. The highest BCUT2D eigenvalue weighted by Crippen LogP contribution is 2.46. The molecule has 1 N–H and O–H groups in total. The summed E-state index contributed by atoms with van der Waals surface area (Å²) in [5, 5.41) is 11.5. The lowest BCUT2D eigenvalue weighted by Gasteiger charge is -2.52. The van der Waals surface area contributed by atoms with Gasteiger partial charge in [-0.2, -0.15) is 0 Å². The highest BCUT2D eigenvalue weighted by Gasteiger charge is 2.49. The fraction of sp³-hybridized carbons (Fsp3) is 0.556. The summed E-state index contributed by atoms with van der Waals surface area (Å²) < 4.78 is 13.6. The predicted molar refractivity (Wildman–Crippen MR) is 122 cm³/mol. The molecule has 4 heteroatoms. The molecule has 0 aromatic heterocycles. The molecule has 6 rings (SSSR count). The van der Waals surface area contributed by atoms with E-state index in [0.717, 1.165) is 54.8 Å². The topological polar surface area (TPSA) is 38.7 Å². The molecule has 0 spiro atoms. The van der Waals surface area contributed by atoms with E-state index in [1.807, 2.05) is 48.5 Å². The molecule has 3 aliphatic heterocycles. The van der Waals surface area contributed by atoms with E-state index >= 15 is 0 Å². The van der Waals surface area contributed by atoms with E-state index in [1.165, 1.54) is 25.9 Å². The largest absolute Gasteiger partial charge is 0.493 e. The first-order chi connectivity index (χ1) is 15.2. The smallest absolute Gasteiger partial charge is 0.119 e. The summed E-state index contributed by atoms with van der Waals surface area (Å²) in [5.74, 6) is 1.95. The lowest BCUT2D eigenvalue weighted by Crippen LogP contribution is -2.64. The van der Waals surface area contributed by atoms with Crippen LogP contribution in [0.5, 0.6) is 5.75 Å². The van der Waals surface area contributed by atoms with Gasteiger partial charge in [0.05, 0.1) is 32.8 Å². The molecule has 0 amide bonds. The van der Waals surface area contributed by atoms with Gasteiger partial charge in [-0.25, -0.2) is 0 Å². The fourth-order valence-corrected chi connectivity index (χ4v) is 5.79. The van der Waals surface area contributed by atoms with Crippen molar-refractivity contribution in [2.75, 3.05) is 39.4 Å². The SMILES string of the molecule is OC(CO[C@H]1C[N+]2(CCCOc3ccccc3)CCC1CC2)(c1ccccc1)C1CC1. The lowest BCUT2D eigenvalue weighted by molar-refractivity contribution is -0.946. The Morgan fingerprint density at radius 1 is 0.903 bits per heavy atom. The van der Waals surface area contributed by atoms with Crippen molar-refractivity contribution < 1.29 is 19.1 Å². The van der Waals surface area contributed by atoms with Crippen molar-refractivity contribution in [3.8, 4) is 5.75 Å². The van der Waals surface area contributed by atoms with Gasteiger partial charge >= 0.3 is 0 Å². The van der Waals surface area contributed by atoms with Crippen LogP contribution in [0.3, 0.4) is 0 Å². The van der Waals surface area contributed by atoms with Crippen LogP contribution in [-0.2, 0) is 10.3 Å². The maximum atomic E-state index is 11.5. The minimum absolute atomic E-state index is 0.270. The van der Waals surface area contributed by atoms with Gasteiger partial charge in [-0.1, -0.05) is 48.5 Å². The molecular formula is C27H36NO3+. The number of para-hydroxylation sites is 1. The number of ether oxygens (including phenoxy) is 2. The Labute approximate surface area is 186 Å². The molecule has 3 heterocycles. The van der Waals surface area contributed by atoms with Crippen molar-refractivity contribution in [3.63, 3.8) is 0 Å². The summed E-state index contributed by atoms with van der Waals surface area (Å²) >= 11 is 0. The number of hydrogen-bond donors (Lipinski definition) is 1. The van der Waals surface area contributed by atoms with Gasteiger partial charge < -0.3 is 19.1 Å². The van der Waals surface area contributed by atoms with Crippen molar-refractivity contribution in [2.24, 2.45) is 11.8 Å². The molecule has 0 radical (unpaired) electrons. The highest BCUT2D eigenvalue weighted by molar-refractivity contribution is 5.25. The Balaban J connectivity index is 1.16. The summed E-state index contributed by atoms with van der Waals surface area (Å²) in [6.45, 7) is 5.98. The Morgan fingerprint density at radius 2 is 1.58 bits per heavy atom. The van der Waals surface area contributed by atoms with Crippen LogP contribution >= 0.6 is 0 Å². The number of quaternary nitrogens is 1. The molecule has 4 aliphatic rings. The van der Waals surface area contributed by atoms with Crippen LogP contribution in [0.2, 0.25) is 0 Å². The van der Waals surface area contributed by atoms with Crippen molar-refractivity contribution in [1.29, 1.82) is 0 Å². The Hall–Kier alpha value is -1.88. The number of rotatable bonds is 10. The third kappa shape index (κ3) is 4.67. The van der Waals surface area contributed by atoms with Gasteiger partial charge in [-0.05, 0) is 36.5 Å². The van der Waals surface area contributed by atoms with Crippen LogP contribution < -0.4 is 4.74 Å². The zero-order valence-corrected chi connectivity index (χ0v) is 18.5. The highest BCUT2D eigenvalue weighted by atomic mass is 16.5. The zero-order chi connectivity index (χ0) is 21.2. The zero-order valence-electron chi connectivity index (χ0n) is 18.5. The van der Waals surface area contributed by atoms with Crippen LogP contribution in [0.4, 0.5) is 0 Å². The molecular weight excluding hydrogens is 386 g/mol. The van der Waals surface area contributed by atoms with Gasteiger partial charge in [-0.3, -0.25) is 0 Å². The number of piperidine rings is 3. The van der Waals surface area contributed by atoms with E-state index in [2.05, 4.69) is 12.1 Å². The molecule has 3 saturated heterocycles. The number of fused-ring (bicyclic) bond motifs is 3. The van der Waals surface area contributed by atoms with Crippen LogP contribution in [0, 0.1) is 11.8 Å². The molecule has 2 atom stereocenters. The maximum Gasteiger partial charge on any atom is 0.119 e. The second kappa shape index (κ2) is 8.93. The summed E-state index contributed by atoms with van der Waals surface area (Å²) in [6, 6.07) is 20.3. The number of nitrogens with zero attached hydrogens (tertiary/aromatic N) is 1. The average molecular weight is 423 g/mol. The molecule has 1 unspecified atom stereocenters. The molecule has 1 aliphatic carbocycles. The van der Waals surface area contributed by atoms with Gasteiger partial charge in [0.2, 0.25) is 0 Å². The Bertz CT molecular complexity index is 830. The minimum atomic E-state index is -0.832. The Morgan fingerprint density at radius 3 is 2.26 bits per heavy atom. The average Bonchev–Trinajstić information content (AvgIpc) is 3.69. The second-order valence-corrected chi connectivity index (χ2v) is 9.96. The van der Waals surface area contributed by atoms with E-state index in [1.54, 1.807) is 0 Å². The molecule has 4 fully saturated rings. The number of aliphatic hydroxyl groups is 1. The summed E-state index contributed by atoms with van der Waals surface area (Å²) in [7, 11) is 0. The summed E-state index contributed by atoms with van der Waals surface area (Å²) in [5.41, 5.74) is 0.183. The first-order valence-electron chi connectivity index (χ1n) is 12.1. The Kier molecular flexibility index (Phi) is 6.05. The standard InChI is InChI=1S/C27H36NO3/c29-27(24-12-13-24,23-8-3-1-4-9-23)21-31-26-20-28(17-14-22(26)15-18-28)16-7-19-30-25-10-5-2-6-11-25/h1-6,8-11,22,24,26,29H,7,12-21H2/q+1/t22?,26-,27?,28?/m0/s1. The first kappa shape index (κ1) is 21.0. The van der Waals surface area contributed by atoms with Gasteiger partial charge in [0, 0.05) is 25.2 Å². The van der Waals surface area contributed by atoms with Crippen molar-refractivity contribution in [1.82, 2.24) is 0 Å². The summed E-state index contributed by atoms with van der Waals surface area (Å²) in [6.07, 6.45) is 6.04. The molecule has 166 valence electrons. The third-order valence-electron chi connectivity index (χ3n) is 7.87. The lowest BCUT2D eigenvalue weighted by atomic mass is 9.82.